The van der Waals surface area contributed by atoms with Crippen LogP contribution in [-0.2, 0) is 9.53 Å². The maximum Gasteiger partial charge on any atom is 0.308 e. The van der Waals surface area contributed by atoms with Crippen molar-refractivity contribution in [2.24, 2.45) is 0 Å². The third-order valence-electron chi connectivity index (χ3n) is 3.39. The lowest BCUT2D eigenvalue weighted by molar-refractivity contribution is -0.147. The first-order valence-corrected chi connectivity index (χ1v) is 7.86. The second kappa shape index (κ2) is 8.15. The number of hydrogen-bond donors (Lipinski definition) is 2. The van der Waals surface area contributed by atoms with Crippen molar-refractivity contribution >= 4 is 17.6 Å². The monoisotopic (exact) mass is 326 g/mol. The number of anilines is 1. The fraction of sp³-hybridized carbons (Fsp3) is 0.263. The molecule has 126 valence electrons. The average molecular weight is 326 g/mol. The molecule has 0 saturated carbocycles. The van der Waals surface area contributed by atoms with Crippen molar-refractivity contribution in [3.05, 3.63) is 65.7 Å². The van der Waals surface area contributed by atoms with Crippen LogP contribution in [0.15, 0.2) is 54.6 Å². The SMILES string of the molecule is CC(C)OC(=O)CC(NC(=O)c1cccc(N)c1)c1ccccc1. The molecule has 1 atom stereocenters. The van der Waals surface area contributed by atoms with Crippen LogP contribution in [0.25, 0.3) is 0 Å². The maximum atomic E-state index is 12.5. The number of carbonyl (C=O) groups is 2. The first kappa shape index (κ1) is 17.5. The standard InChI is InChI=1S/C19H22N2O3/c1-13(2)24-18(22)12-17(14-7-4-3-5-8-14)21-19(23)15-9-6-10-16(20)11-15/h3-11,13,17H,12,20H2,1-2H3,(H,21,23). The van der Waals surface area contributed by atoms with E-state index in [1.165, 1.54) is 0 Å². The summed E-state index contributed by atoms with van der Waals surface area (Å²) >= 11 is 0. The summed E-state index contributed by atoms with van der Waals surface area (Å²) in [6.07, 6.45) is -0.130. The van der Waals surface area contributed by atoms with Crippen LogP contribution in [0.4, 0.5) is 5.69 Å². The normalized spacial score (nSPS) is 11.8. The van der Waals surface area contributed by atoms with E-state index in [0.29, 0.717) is 11.3 Å². The summed E-state index contributed by atoms with van der Waals surface area (Å²) in [5, 5.41) is 2.89. The van der Waals surface area contributed by atoms with Gasteiger partial charge in [-0.1, -0.05) is 36.4 Å². The van der Waals surface area contributed by atoms with Gasteiger partial charge in [-0.15, -0.1) is 0 Å². The van der Waals surface area contributed by atoms with Crippen LogP contribution < -0.4 is 11.1 Å². The lowest BCUT2D eigenvalue weighted by Crippen LogP contribution is -2.31. The Labute approximate surface area is 141 Å². The smallest absolute Gasteiger partial charge is 0.308 e. The Bertz CT molecular complexity index is 699. The first-order chi connectivity index (χ1) is 11.5. The van der Waals surface area contributed by atoms with Crippen LogP contribution in [0.1, 0.15) is 42.2 Å². The molecular formula is C19H22N2O3. The van der Waals surface area contributed by atoms with Gasteiger partial charge in [0.2, 0.25) is 0 Å². The van der Waals surface area contributed by atoms with E-state index in [9.17, 15) is 9.59 Å². The summed E-state index contributed by atoms with van der Waals surface area (Å²) in [5.41, 5.74) is 7.53. The Kier molecular flexibility index (Phi) is 5.95. The van der Waals surface area contributed by atoms with E-state index >= 15 is 0 Å². The van der Waals surface area contributed by atoms with Gasteiger partial charge in [0.1, 0.15) is 0 Å². The number of esters is 1. The molecule has 5 heteroatoms. The highest BCUT2D eigenvalue weighted by Gasteiger charge is 2.20. The lowest BCUT2D eigenvalue weighted by Gasteiger charge is -2.19. The van der Waals surface area contributed by atoms with Crippen molar-refractivity contribution in [3.8, 4) is 0 Å². The lowest BCUT2D eigenvalue weighted by atomic mass is 10.0. The third kappa shape index (κ3) is 5.12. The van der Waals surface area contributed by atoms with Crippen molar-refractivity contribution in [3.63, 3.8) is 0 Å². The molecule has 0 bridgehead atoms. The molecule has 0 radical (unpaired) electrons. The topological polar surface area (TPSA) is 81.4 Å². The number of nitrogens with one attached hydrogen (secondary N) is 1. The van der Waals surface area contributed by atoms with Gasteiger partial charge in [-0.05, 0) is 37.6 Å². The summed E-state index contributed by atoms with van der Waals surface area (Å²) in [6.45, 7) is 3.58. The predicted molar refractivity (Wildman–Crippen MR) is 93.3 cm³/mol. The zero-order valence-electron chi connectivity index (χ0n) is 13.9. The maximum absolute atomic E-state index is 12.5. The van der Waals surface area contributed by atoms with Crippen molar-refractivity contribution in [1.82, 2.24) is 5.32 Å². The molecule has 0 aliphatic rings. The number of hydrogen-bond acceptors (Lipinski definition) is 4. The summed E-state index contributed by atoms with van der Waals surface area (Å²) < 4.78 is 5.20. The van der Waals surface area contributed by atoms with Crippen LogP contribution in [-0.4, -0.2) is 18.0 Å². The fourth-order valence-corrected chi connectivity index (χ4v) is 2.34. The van der Waals surface area contributed by atoms with Gasteiger partial charge in [-0.25, -0.2) is 0 Å². The Morgan fingerprint density at radius 2 is 1.79 bits per heavy atom. The molecule has 1 amide bonds. The Balaban J connectivity index is 2.16. The van der Waals surface area contributed by atoms with Crippen LogP contribution in [0.2, 0.25) is 0 Å². The molecule has 0 aliphatic carbocycles. The molecule has 0 aliphatic heterocycles. The van der Waals surface area contributed by atoms with Crippen molar-refractivity contribution in [2.75, 3.05) is 5.73 Å². The zero-order chi connectivity index (χ0) is 17.5. The zero-order valence-corrected chi connectivity index (χ0v) is 13.9. The van der Waals surface area contributed by atoms with E-state index < -0.39 is 6.04 Å². The number of carbonyl (C=O) groups excluding carboxylic acids is 2. The van der Waals surface area contributed by atoms with Gasteiger partial charge >= 0.3 is 5.97 Å². The minimum absolute atomic E-state index is 0.0657. The molecule has 0 heterocycles. The molecule has 2 aromatic carbocycles. The highest BCUT2D eigenvalue weighted by Crippen LogP contribution is 2.19. The number of ether oxygens (including phenoxy) is 1. The third-order valence-corrected chi connectivity index (χ3v) is 3.39. The van der Waals surface area contributed by atoms with Crippen molar-refractivity contribution in [1.29, 1.82) is 0 Å². The Hall–Kier alpha value is -2.82. The average Bonchev–Trinajstić information content (AvgIpc) is 2.54. The van der Waals surface area contributed by atoms with E-state index in [1.54, 1.807) is 38.1 Å². The largest absolute Gasteiger partial charge is 0.463 e. The Morgan fingerprint density at radius 3 is 2.42 bits per heavy atom. The number of nitrogens with two attached hydrogens (primary N) is 1. The van der Waals surface area contributed by atoms with Gasteiger partial charge in [0.25, 0.3) is 5.91 Å². The summed E-state index contributed by atoms with van der Waals surface area (Å²) in [5.74, 6) is -0.639. The Morgan fingerprint density at radius 1 is 1.08 bits per heavy atom. The fourth-order valence-electron chi connectivity index (χ4n) is 2.34. The van der Waals surface area contributed by atoms with E-state index in [1.807, 2.05) is 30.3 Å². The van der Waals surface area contributed by atoms with E-state index in [4.69, 9.17) is 10.5 Å². The van der Waals surface area contributed by atoms with Crippen LogP contribution in [0, 0.1) is 0 Å². The van der Waals surface area contributed by atoms with Crippen molar-refractivity contribution in [2.45, 2.75) is 32.4 Å². The van der Waals surface area contributed by atoms with Crippen LogP contribution >= 0.6 is 0 Å². The van der Waals surface area contributed by atoms with E-state index in [2.05, 4.69) is 5.32 Å². The molecule has 5 nitrogen and oxygen atoms in total. The minimum Gasteiger partial charge on any atom is -0.463 e. The van der Waals surface area contributed by atoms with Gasteiger partial charge in [-0.2, -0.15) is 0 Å². The van der Waals surface area contributed by atoms with Crippen LogP contribution in [0.5, 0.6) is 0 Å². The summed E-state index contributed by atoms with van der Waals surface area (Å²) in [7, 11) is 0. The number of amides is 1. The molecule has 1 unspecified atom stereocenters. The van der Waals surface area contributed by atoms with Gasteiger partial charge in [0.15, 0.2) is 0 Å². The highest BCUT2D eigenvalue weighted by molar-refractivity contribution is 5.95. The molecule has 2 rings (SSSR count). The molecule has 3 N–H and O–H groups in total. The second-order valence-corrected chi connectivity index (χ2v) is 5.80. The number of nitrogen functional groups attached to an aromatic ring is 1. The summed E-state index contributed by atoms with van der Waals surface area (Å²) in [4.78, 5) is 24.5. The molecular weight excluding hydrogens is 304 g/mol. The predicted octanol–water partition coefficient (Wildman–Crippen LogP) is 3.08. The molecule has 2 aromatic rings. The molecule has 0 aromatic heterocycles. The highest BCUT2D eigenvalue weighted by atomic mass is 16.5. The molecule has 0 spiro atoms. The van der Waals surface area contributed by atoms with E-state index in [-0.39, 0.29) is 24.4 Å². The van der Waals surface area contributed by atoms with Crippen LogP contribution in [0.3, 0.4) is 0 Å². The van der Waals surface area contributed by atoms with Gasteiger partial charge in [0, 0.05) is 11.3 Å². The second-order valence-electron chi connectivity index (χ2n) is 5.80. The van der Waals surface area contributed by atoms with Gasteiger partial charge in [0.05, 0.1) is 18.6 Å². The summed E-state index contributed by atoms with van der Waals surface area (Å²) in [6, 6.07) is 15.6. The molecule has 24 heavy (non-hydrogen) atoms. The minimum atomic E-state index is -0.466. The number of benzene rings is 2. The van der Waals surface area contributed by atoms with Gasteiger partial charge in [-0.3, -0.25) is 9.59 Å². The first-order valence-electron chi connectivity index (χ1n) is 7.86. The van der Waals surface area contributed by atoms with E-state index in [0.717, 1.165) is 5.56 Å². The quantitative estimate of drug-likeness (QED) is 0.631. The number of rotatable bonds is 6. The molecule has 0 saturated heterocycles. The van der Waals surface area contributed by atoms with Gasteiger partial charge < -0.3 is 15.8 Å². The molecule has 0 fully saturated rings. The van der Waals surface area contributed by atoms with Crippen molar-refractivity contribution < 1.29 is 14.3 Å².